The summed E-state index contributed by atoms with van der Waals surface area (Å²) in [5.41, 5.74) is 5.28. The number of hydrogen-bond acceptors (Lipinski definition) is 2. The minimum atomic E-state index is -0.0643. The van der Waals surface area contributed by atoms with Crippen molar-refractivity contribution in [3.8, 4) is 0 Å². The van der Waals surface area contributed by atoms with Crippen molar-refractivity contribution in [2.24, 2.45) is 0 Å². The van der Waals surface area contributed by atoms with Crippen LogP contribution in [0.25, 0.3) is 0 Å². The van der Waals surface area contributed by atoms with Gasteiger partial charge in [0.25, 0.3) is 0 Å². The summed E-state index contributed by atoms with van der Waals surface area (Å²) in [6, 6.07) is 5.60. The molecule has 0 saturated carbocycles. The Morgan fingerprint density at radius 3 is 2.93 bits per heavy atom. The molecule has 0 heterocycles. The first kappa shape index (κ1) is 9.62. The lowest BCUT2D eigenvalue weighted by atomic mass is 10.1. The Balaban J connectivity index is 2.26. The molecule has 1 atom stereocenters. The molecule has 1 unspecified atom stereocenters. The molecular formula is C11H15FN2. The number of nitrogens with zero attached hydrogens (tertiary/aromatic N) is 1. The van der Waals surface area contributed by atoms with Crippen LogP contribution in [0.1, 0.15) is 23.6 Å². The van der Waals surface area contributed by atoms with E-state index in [1.807, 2.05) is 25.2 Å². The SMILES string of the molecule is CN(C)NC1CCc2c(F)cccc21. The van der Waals surface area contributed by atoms with Gasteiger partial charge in [0.1, 0.15) is 5.82 Å². The van der Waals surface area contributed by atoms with Crippen molar-refractivity contribution in [3.05, 3.63) is 35.1 Å². The minimum absolute atomic E-state index is 0.0643. The van der Waals surface area contributed by atoms with Gasteiger partial charge in [-0.05, 0) is 30.0 Å². The van der Waals surface area contributed by atoms with E-state index in [0.717, 1.165) is 24.0 Å². The van der Waals surface area contributed by atoms with E-state index in [9.17, 15) is 4.39 Å². The molecule has 0 aliphatic heterocycles. The van der Waals surface area contributed by atoms with Crippen LogP contribution in [0, 0.1) is 5.82 Å². The molecule has 0 aromatic heterocycles. The summed E-state index contributed by atoms with van der Waals surface area (Å²) in [5, 5.41) is 1.92. The monoisotopic (exact) mass is 194 g/mol. The number of nitrogens with one attached hydrogen (secondary N) is 1. The van der Waals surface area contributed by atoms with Crippen molar-refractivity contribution < 1.29 is 4.39 Å². The van der Waals surface area contributed by atoms with Gasteiger partial charge in [-0.25, -0.2) is 9.82 Å². The Morgan fingerprint density at radius 1 is 1.43 bits per heavy atom. The molecule has 1 aliphatic rings. The molecule has 0 radical (unpaired) electrons. The van der Waals surface area contributed by atoms with Gasteiger partial charge in [-0.1, -0.05) is 12.1 Å². The predicted molar refractivity (Wildman–Crippen MR) is 54.3 cm³/mol. The first-order chi connectivity index (χ1) is 6.68. The van der Waals surface area contributed by atoms with E-state index in [1.165, 1.54) is 6.07 Å². The molecule has 0 bridgehead atoms. The Hall–Kier alpha value is -0.930. The third kappa shape index (κ3) is 1.65. The van der Waals surface area contributed by atoms with E-state index in [0.29, 0.717) is 0 Å². The summed E-state index contributed by atoms with van der Waals surface area (Å²) in [7, 11) is 3.91. The summed E-state index contributed by atoms with van der Waals surface area (Å²) >= 11 is 0. The van der Waals surface area contributed by atoms with Crippen LogP contribution in [-0.2, 0) is 6.42 Å². The normalized spacial score (nSPS) is 20.1. The van der Waals surface area contributed by atoms with Crippen LogP contribution < -0.4 is 5.43 Å². The highest BCUT2D eigenvalue weighted by molar-refractivity contribution is 5.35. The number of rotatable bonds is 2. The van der Waals surface area contributed by atoms with E-state index in [2.05, 4.69) is 5.43 Å². The molecule has 14 heavy (non-hydrogen) atoms. The highest BCUT2D eigenvalue weighted by Gasteiger charge is 2.24. The Bertz CT molecular complexity index is 336. The number of hydrogen-bond donors (Lipinski definition) is 1. The molecule has 1 aliphatic carbocycles. The van der Waals surface area contributed by atoms with Gasteiger partial charge < -0.3 is 0 Å². The van der Waals surface area contributed by atoms with Crippen LogP contribution in [0.5, 0.6) is 0 Å². The maximum absolute atomic E-state index is 13.4. The summed E-state index contributed by atoms with van der Waals surface area (Å²) in [6.07, 6.45) is 1.82. The lowest BCUT2D eigenvalue weighted by Crippen LogP contribution is -2.33. The Morgan fingerprint density at radius 2 is 2.21 bits per heavy atom. The van der Waals surface area contributed by atoms with Gasteiger partial charge in [-0.3, -0.25) is 5.01 Å². The molecule has 0 fully saturated rings. The highest BCUT2D eigenvalue weighted by Crippen LogP contribution is 2.32. The van der Waals surface area contributed by atoms with Gasteiger partial charge in [0, 0.05) is 20.1 Å². The molecule has 2 nitrogen and oxygen atoms in total. The van der Waals surface area contributed by atoms with E-state index < -0.39 is 0 Å². The lowest BCUT2D eigenvalue weighted by Gasteiger charge is -2.19. The zero-order valence-corrected chi connectivity index (χ0v) is 8.55. The second kappa shape index (κ2) is 3.67. The van der Waals surface area contributed by atoms with Gasteiger partial charge >= 0.3 is 0 Å². The number of benzene rings is 1. The topological polar surface area (TPSA) is 15.3 Å². The lowest BCUT2D eigenvalue weighted by molar-refractivity contribution is 0.242. The maximum atomic E-state index is 13.4. The van der Waals surface area contributed by atoms with Crippen molar-refractivity contribution >= 4 is 0 Å². The largest absolute Gasteiger partial charge is 0.250 e. The maximum Gasteiger partial charge on any atom is 0.126 e. The van der Waals surface area contributed by atoms with Gasteiger partial charge in [0.05, 0.1) is 0 Å². The average Bonchev–Trinajstić information content (AvgIpc) is 2.49. The van der Waals surface area contributed by atoms with Crippen LogP contribution in [0.2, 0.25) is 0 Å². The molecular weight excluding hydrogens is 179 g/mol. The summed E-state index contributed by atoms with van der Waals surface area (Å²) in [6.45, 7) is 0. The smallest absolute Gasteiger partial charge is 0.126 e. The molecule has 3 heteroatoms. The van der Waals surface area contributed by atoms with E-state index in [-0.39, 0.29) is 11.9 Å². The molecule has 1 N–H and O–H groups in total. The van der Waals surface area contributed by atoms with Crippen LogP contribution in [0.4, 0.5) is 4.39 Å². The van der Waals surface area contributed by atoms with Crippen molar-refractivity contribution in [2.45, 2.75) is 18.9 Å². The molecule has 1 aromatic carbocycles. The van der Waals surface area contributed by atoms with Crippen LogP contribution in [-0.4, -0.2) is 19.1 Å². The predicted octanol–water partition coefficient (Wildman–Crippen LogP) is 1.88. The van der Waals surface area contributed by atoms with Gasteiger partial charge in [-0.2, -0.15) is 0 Å². The van der Waals surface area contributed by atoms with E-state index in [4.69, 9.17) is 0 Å². The van der Waals surface area contributed by atoms with Crippen molar-refractivity contribution in [1.29, 1.82) is 0 Å². The fraction of sp³-hybridized carbons (Fsp3) is 0.455. The molecule has 0 saturated heterocycles. The highest BCUT2D eigenvalue weighted by atomic mass is 19.1. The molecule has 1 aromatic rings. The molecule has 76 valence electrons. The molecule has 0 spiro atoms. The van der Waals surface area contributed by atoms with Crippen LogP contribution in [0.15, 0.2) is 18.2 Å². The van der Waals surface area contributed by atoms with E-state index in [1.54, 1.807) is 6.07 Å². The van der Waals surface area contributed by atoms with Crippen LogP contribution in [0.3, 0.4) is 0 Å². The zero-order valence-electron chi connectivity index (χ0n) is 8.55. The second-order valence-electron chi connectivity index (χ2n) is 3.92. The first-order valence-corrected chi connectivity index (χ1v) is 4.89. The standard InChI is InChI=1S/C11H15FN2/c1-14(2)13-11-7-6-8-9(11)4-3-5-10(8)12/h3-5,11,13H,6-7H2,1-2H3. The van der Waals surface area contributed by atoms with Crippen molar-refractivity contribution in [2.75, 3.05) is 14.1 Å². The first-order valence-electron chi connectivity index (χ1n) is 4.89. The van der Waals surface area contributed by atoms with Crippen molar-refractivity contribution in [3.63, 3.8) is 0 Å². The Labute approximate surface area is 83.7 Å². The number of hydrazine groups is 1. The zero-order chi connectivity index (χ0) is 10.1. The molecule has 2 rings (SSSR count). The molecule has 0 amide bonds. The fourth-order valence-electron chi connectivity index (χ4n) is 2.06. The second-order valence-corrected chi connectivity index (χ2v) is 3.92. The average molecular weight is 194 g/mol. The van der Waals surface area contributed by atoms with Crippen LogP contribution >= 0.6 is 0 Å². The summed E-state index contributed by atoms with van der Waals surface area (Å²) < 4.78 is 13.4. The van der Waals surface area contributed by atoms with Crippen molar-refractivity contribution in [1.82, 2.24) is 10.4 Å². The van der Waals surface area contributed by atoms with Gasteiger partial charge in [-0.15, -0.1) is 0 Å². The fourth-order valence-corrected chi connectivity index (χ4v) is 2.06. The summed E-state index contributed by atoms with van der Waals surface area (Å²) in [5.74, 6) is -0.0643. The van der Waals surface area contributed by atoms with Gasteiger partial charge in [0.2, 0.25) is 0 Å². The number of fused-ring (bicyclic) bond motifs is 1. The third-order valence-corrected chi connectivity index (χ3v) is 2.63. The third-order valence-electron chi connectivity index (χ3n) is 2.63. The van der Waals surface area contributed by atoms with E-state index >= 15 is 0 Å². The minimum Gasteiger partial charge on any atom is -0.250 e. The summed E-state index contributed by atoms with van der Waals surface area (Å²) in [4.78, 5) is 0. The van der Waals surface area contributed by atoms with Gasteiger partial charge in [0.15, 0.2) is 0 Å². The Kier molecular flexibility index (Phi) is 2.52. The quantitative estimate of drug-likeness (QED) is 0.723. The number of halogens is 1.